The highest BCUT2D eigenvalue weighted by atomic mass is 35.5. The van der Waals surface area contributed by atoms with Crippen LogP contribution in [0.2, 0.25) is 5.15 Å². The van der Waals surface area contributed by atoms with Gasteiger partial charge in [0.05, 0.1) is 37.9 Å². The van der Waals surface area contributed by atoms with E-state index in [4.69, 9.17) is 26.2 Å². The molecule has 0 unspecified atom stereocenters. The van der Waals surface area contributed by atoms with Crippen molar-refractivity contribution in [2.45, 2.75) is 32.2 Å². The van der Waals surface area contributed by atoms with Crippen LogP contribution in [0.3, 0.4) is 0 Å². The minimum absolute atomic E-state index is 0.174. The van der Waals surface area contributed by atoms with Gasteiger partial charge in [-0.15, -0.1) is 0 Å². The van der Waals surface area contributed by atoms with Crippen LogP contribution in [0.5, 0.6) is 11.5 Å². The Morgan fingerprint density at radius 2 is 1.88 bits per heavy atom. The quantitative estimate of drug-likeness (QED) is 0.488. The predicted octanol–water partition coefficient (Wildman–Crippen LogP) is 4.76. The average molecular weight is 482 g/mol. The third-order valence-corrected chi connectivity index (χ3v) is 6.13. The van der Waals surface area contributed by atoms with Crippen LogP contribution in [0.1, 0.15) is 42.0 Å². The lowest BCUT2D eigenvalue weighted by Gasteiger charge is -2.23. The fourth-order valence-corrected chi connectivity index (χ4v) is 4.34. The largest absolute Gasteiger partial charge is 0.493 e. The van der Waals surface area contributed by atoms with E-state index in [-0.39, 0.29) is 18.0 Å². The van der Waals surface area contributed by atoms with Crippen molar-refractivity contribution in [3.05, 3.63) is 64.3 Å². The average Bonchev–Trinajstić information content (AvgIpc) is 3.27. The topological polar surface area (TPSA) is 101 Å². The van der Waals surface area contributed by atoms with Crippen LogP contribution in [0.15, 0.2) is 47.6 Å². The van der Waals surface area contributed by atoms with E-state index >= 15 is 0 Å². The van der Waals surface area contributed by atoms with E-state index in [2.05, 4.69) is 10.1 Å². The molecule has 0 saturated carbocycles. The van der Waals surface area contributed by atoms with Gasteiger partial charge in [-0.05, 0) is 36.8 Å². The Bertz CT molecular complexity index is 1310. The van der Waals surface area contributed by atoms with Crippen LogP contribution in [0.4, 0.5) is 0 Å². The number of amides is 1. The molecule has 1 aromatic heterocycles. The number of ether oxygens (including phenoxy) is 2. The molecule has 2 aromatic carbocycles. The van der Waals surface area contributed by atoms with Crippen LogP contribution < -0.4 is 9.47 Å². The van der Waals surface area contributed by atoms with Crippen LogP contribution in [-0.4, -0.2) is 46.9 Å². The first-order chi connectivity index (χ1) is 16.3. The van der Waals surface area contributed by atoms with Crippen LogP contribution in [-0.2, 0) is 9.59 Å². The number of pyridine rings is 1. The Kier molecular flexibility index (Phi) is 6.70. The third kappa shape index (κ3) is 4.54. The molecule has 1 N–H and O–H groups in total. The standard InChI is InChI=1S/C25H24ClN3O5/c1-14-5-4-6-16-11-17(25(26)27-24(14)16)19-13-18(28-29(19)22(30)9-10-23(31)32)15-7-8-20(33-2)21(12-15)34-3/h4-8,11-12,19H,9-10,13H2,1-3H3,(H,31,32)/t19-/m0/s1. The van der Waals surface area contributed by atoms with Gasteiger partial charge < -0.3 is 14.6 Å². The molecule has 0 spiro atoms. The molecule has 9 heteroatoms. The van der Waals surface area contributed by atoms with E-state index in [0.29, 0.717) is 29.2 Å². The summed E-state index contributed by atoms with van der Waals surface area (Å²) in [5.41, 5.74) is 3.85. The summed E-state index contributed by atoms with van der Waals surface area (Å²) in [6, 6.07) is 12.6. The number of carboxylic acids is 1. The minimum Gasteiger partial charge on any atom is -0.493 e. The Balaban J connectivity index is 1.76. The summed E-state index contributed by atoms with van der Waals surface area (Å²) < 4.78 is 10.7. The van der Waals surface area contributed by atoms with E-state index in [1.54, 1.807) is 26.4 Å². The smallest absolute Gasteiger partial charge is 0.303 e. The number of aromatic nitrogens is 1. The molecule has 2 heterocycles. The molecule has 1 atom stereocenters. The summed E-state index contributed by atoms with van der Waals surface area (Å²) in [6.07, 6.45) is -0.0779. The number of para-hydroxylation sites is 1. The maximum atomic E-state index is 13.0. The monoisotopic (exact) mass is 481 g/mol. The summed E-state index contributed by atoms with van der Waals surface area (Å²) >= 11 is 6.60. The van der Waals surface area contributed by atoms with E-state index in [1.165, 1.54) is 5.01 Å². The second-order valence-electron chi connectivity index (χ2n) is 7.98. The van der Waals surface area contributed by atoms with Crippen LogP contribution in [0, 0.1) is 6.92 Å². The number of hydrazone groups is 1. The lowest BCUT2D eigenvalue weighted by molar-refractivity contribution is -0.141. The number of aliphatic carboxylic acids is 1. The van der Waals surface area contributed by atoms with Gasteiger partial charge in [0.15, 0.2) is 11.5 Å². The lowest BCUT2D eigenvalue weighted by atomic mass is 9.97. The first-order valence-electron chi connectivity index (χ1n) is 10.7. The van der Waals surface area contributed by atoms with Crippen molar-refractivity contribution in [2.24, 2.45) is 5.10 Å². The highest BCUT2D eigenvalue weighted by molar-refractivity contribution is 6.30. The molecule has 8 nitrogen and oxygen atoms in total. The fraction of sp³-hybridized carbons (Fsp3) is 0.280. The number of hydrogen-bond donors (Lipinski definition) is 1. The van der Waals surface area contributed by atoms with Crippen molar-refractivity contribution >= 4 is 40.1 Å². The molecule has 0 aliphatic carbocycles. The maximum Gasteiger partial charge on any atom is 0.303 e. The van der Waals surface area contributed by atoms with E-state index < -0.39 is 17.9 Å². The Labute approximate surface area is 201 Å². The van der Waals surface area contributed by atoms with Gasteiger partial charge in [-0.25, -0.2) is 9.99 Å². The summed E-state index contributed by atoms with van der Waals surface area (Å²) in [6.45, 7) is 1.96. The molecule has 176 valence electrons. The number of methoxy groups -OCH3 is 2. The second kappa shape index (κ2) is 9.69. The van der Waals surface area contributed by atoms with Gasteiger partial charge in [-0.3, -0.25) is 9.59 Å². The zero-order valence-electron chi connectivity index (χ0n) is 19.0. The first-order valence-corrected chi connectivity index (χ1v) is 11.1. The fourth-order valence-electron chi connectivity index (χ4n) is 4.08. The van der Waals surface area contributed by atoms with Gasteiger partial charge in [0.1, 0.15) is 5.15 Å². The molecule has 34 heavy (non-hydrogen) atoms. The molecule has 1 amide bonds. The number of fused-ring (bicyclic) bond motifs is 1. The third-order valence-electron chi connectivity index (χ3n) is 5.82. The van der Waals surface area contributed by atoms with Gasteiger partial charge in [0, 0.05) is 29.4 Å². The zero-order valence-corrected chi connectivity index (χ0v) is 19.8. The highest BCUT2D eigenvalue weighted by Crippen LogP contribution is 2.39. The van der Waals surface area contributed by atoms with E-state index in [9.17, 15) is 9.59 Å². The number of benzene rings is 2. The molecule has 1 aliphatic heterocycles. The zero-order chi connectivity index (χ0) is 24.4. The number of carboxylic acid groups (broad SMARTS) is 1. The van der Waals surface area contributed by atoms with Gasteiger partial charge in [-0.2, -0.15) is 5.10 Å². The minimum atomic E-state index is -1.05. The molecule has 1 aliphatic rings. The van der Waals surface area contributed by atoms with Crippen molar-refractivity contribution in [1.82, 2.24) is 9.99 Å². The molecular weight excluding hydrogens is 458 g/mol. The van der Waals surface area contributed by atoms with Gasteiger partial charge in [0.25, 0.3) is 0 Å². The summed E-state index contributed by atoms with van der Waals surface area (Å²) in [5.74, 6) is -0.332. The number of rotatable bonds is 7. The lowest BCUT2D eigenvalue weighted by Crippen LogP contribution is -2.27. The molecule has 0 bridgehead atoms. The number of carbonyl (C=O) groups is 2. The number of hydrogen-bond acceptors (Lipinski definition) is 6. The van der Waals surface area contributed by atoms with Crippen molar-refractivity contribution in [2.75, 3.05) is 14.2 Å². The number of halogens is 1. The van der Waals surface area contributed by atoms with Crippen molar-refractivity contribution in [3.63, 3.8) is 0 Å². The van der Waals surface area contributed by atoms with Crippen LogP contribution in [0.25, 0.3) is 10.9 Å². The number of aryl methyl sites for hydroxylation is 1. The van der Waals surface area contributed by atoms with E-state index in [1.807, 2.05) is 37.3 Å². The van der Waals surface area contributed by atoms with Crippen molar-refractivity contribution in [3.8, 4) is 11.5 Å². The Hall–Kier alpha value is -3.65. The van der Waals surface area contributed by atoms with Crippen molar-refractivity contribution < 1.29 is 24.2 Å². The molecule has 4 rings (SSSR count). The normalized spacial score (nSPS) is 15.4. The summed E-state index contributed by atoms with van der Waals surface area (Å²) in [4.78, 5) is 28.6. The van der Waals surface area contributed by atoms with Crippen molar-refractivity contribution in [1.29, 1.82) is 0 Å². The molecule has 0 fully saturated rings. The van der Waals surface area contributed by atoms with E-state index in [0.717, 1.165) is 22.0 Å². The van der Waals surface area contributed by atoms with Gasteiger partial charge in [-0.1, -0.05) is 29.8 Å². The van der Waals surface area contributed by atoms with Gasteiger partial charge in [0.2, 0.25) is 5.91 Å². The summed E-state index contributed by atoms with van der Waals surface area (Å²) in [5, 5.41) is 16.2. The Morgan fingerprint density at radius 3 is 2.59 bits per heavy atom. The molecule has 0 radical (unpaired) electrons. The Morgan fingerprint density at radius 1 is 1.12 bits per heavy atom. The maximum absolute atomic E-state index is 13.0. The predicted molar refractivity (Wildman–Crippen MR) is 129 cm³/mol. The summed E-state index contributed by atoms with van der Waals surface area (Å²) in [7, 11) is 3.10. The number of carbonyl (C=O) groups excluding carboxylic acids is 1. The van der Waals surface area contributed by atoms with Gasteiger partial charge >= 0.3 is 5.97 Å². The molecular formula is C25H24ClN3O5. The highest BCUT2D eigenvalue weighted by Gasteiger charge is 2.35. The molecule has 0 saturated heterocycles. The first kappa shape index (κ1) is 23.5. The van der Waals surface area contributed by atoms with Crippen LogP contribution >= 0.6 is 11.6 Å². The SMILES string of the molecule is COc1ccc(C2=NN(C(=O)CCC(=O)O)[C@H](c3cc4cccc(C)c4nc3Cl)C2)cc1OC. The molecule has 3 aromatic rings. The second-order valence-corrected chi connectivity index (χ2v) is 8.34. The number of nitrogens with zero attached hydrogens (tertiary/aromatic N) is 3.